The first-order valence-corrected chi connectivity index (χ1v) is 10.5. The van der Waals surface area contributed by atoms with Crippen LogP contribution in [0.25, 0.3) is 0 Å². The van der Waals surface area contributed by atoms with Crippen molar-refractivity contribution < 1.29 is 9.52 Å². The zero-order valence-electron chi connectivity index (χ0n) is 15.9. The van der Waals surface area contributed by atoms with E-state index in [9.17, 15) is 10.0 Å². The molecule has 9 heteroatoms. The van der Waals surface area contributed by atoms with Gasteiger partial charge in [-0.1, -0.05) is 29.3 Å². The number of hydrogen-bond donors (Lipinski definition) is 0. The van der Waals surface area contributed by atoms with E-state index in [1.165, 1.54) is 6.20 Å². The lowest BCUT2D eigenvalue weighted by atomic mass is 10.1. The molecule has 1 amide bonds. The Labute approximate surface area is 186 Å². The van der Waals surface area contributed by atoms with Crippen LogP contribution in [-0.4, -0.2) is 15.5 Å². The van der Waals surface area contributed by atoms with Gasteiger partial charge in [-0.05, 0) is 60.5 Å². The third-order valence-electron chi connectivity index (χ3n) is 4.98. The highest BCUT2D eigenvalue weighted by Crippen LogP contribution is 2.44. The minimum absolute atomic E-state index is 0.0173. The van der Waals surface area contributed by atoms with E-state index in [1.807, 2.05) is 31.4 Å². The number of carbonyl (C=O) groups is 1. The van der Waals surface area contributed by atoms with Crippen LogP contribution in [0.3, 0.4) is 0 Å². The molecule has 2 aromatic heterocycles. The number of rotatable bonds is 3. The number of nitrogens with zero attached hydrogens (tertiary/aromatic N) is 4. The quantitative estimate of drug-likeness (QED) is 0.369. The summed E-state index contributed by atoms with van der Waals surface area (Å²) in [5.74, 6) is -0.287. The fraction of sp³-hybridized carbons (Fsp3) is 0.250. The topological polar surface area (TPSA) is 65.1 Å². The van der Waals surface area contributed by atoms with Crippen LogP contribution >= 0.6 is 39.1 Å². The summed E-state index contributed by atoms with van der Waals surface area (Å²) in [4.78, 5) is 19.5. The third kappa shape index (κ3) is 3.21. The fourth-order valence-electron chi connectivity index (χ4n) is 3.72. The van der Waals surface area contributed by atoms with Gasteiger partial charge in [-0.15, -0.1) is 0 Å². The Hall–Kier alpha value is -2.09. The largest absolute Gasteiger partial charge is 0.618 e. The molecule has 0 bridgehead atoms. The standard InChI is InChI=1S/C20H17BrCl2N4O2/c1-10(2)26-18-16(24-20(26)21)19(28)27(15-8-12(22)5-4-11(15)3)17(18)14-7-6-13(23)9-25(14)29/h4-10,17H,1-3H3. The molecule has 0 radical (unpaired) electrons. The van der Waals surface area contributed by atoms with E-state index >= 15 is 0 Å². The number of carbonyl (C=O) groups excluding carboxylic acids is 1. The third-order valence-corrected chi connectivity index (χ3v) is 6.00. The molecule has 0 aliphatic carbocycles. The molecule has 1 aromatic carbocycles. The van der Waals surface area contributed by atoms with Crippen molar-refractivity contribution in [3.05, 3.63) is 79.2 Å². The summed E-state index contributed by atoms with van der Waals surface area (Å²) in [6.45, 7) is 5.88. The SMILES string of the molecule is Cc1ccc(Cl)cc1N1C(=O)c2nc(Br)n(C(C)C)c2C1c1ccc(Cl)c[n+]1[O-]. The Balaban J connectivity index is 2.03. The molecule has 29 heavy (non-hydrogen) atoms. The fourth-order valence-corrected chi connectivity index (χ4v) is 4.82. The summed E-state index contributed by atoms with van der Waals surface area (Å²) in [7, 11) is 0. The molecule has 4 rings (SSSR count). The molecule has 0 saturated heterocycles. The molecule has 3 heterocycles. The van der Waals surface area contributed by atoms with Gasteiger partial charge >= 0.3 is 0 Å². The minimum Gasteiger partial charge on any atom is -0.618 e. The maximum absolute atomic E-state index is 13.5. The second-order valence-electron chi connectivity index (χ2n) is 7.18. The maximum Gasteiger partial charge on any atom is 0.280 e. The van der Waals surface area contributed by atoms with Gasteiger partial charge in [0.2, 0.25) is 5.69 Å². The van der Waals surface area contributed by atoms with Crippen molar-refractivity contribution in [3.8, 4) is 0 Å². The van der Waals surface area contributed by atoms with E-state index in [0.717, 1.165) is 5.56 Å². The number of halogens is 3. The smallest absolute Gasteiger partial charge is 0.280 e. The molecule has 0 saturated carbocycles. The van der Waals surface area contributed by atoms with Crippen molar-refractivity contribution in [3.63, 3.8) is 0 Å². The van der Waals surface area contributed by atoms with Crippen molar-refractivity contribution in [2.75, 3.05) is 4.90 Å². The number of aromatic nitrogens is 3. The molecular weight excluding hydrogens is 479 g/mol. The lowest BCUT2D eigenvalue weighted by molar-refractivity contribution is -0.614. The van der Waals surface area contributed by atoms with Crippen LogP contribution in [0.4, 0.5) is 5.69 Å². The van der Waals surface area contributed by atoms with Gasteiger partial charge in [0.25, 0.3) is 5.91 Å². The highest BCUT2D eigenvalue weighted by atomic mass is 79.9. The summed E-state index contributed by atoms with van der Waals surface area (Å²) >= 11 is 15.7. The minimum atomic E-state index is -0.675. The lowest BCUT2D eigenvalue weighted by Crippen LogP contribution is -2.40. The van der Waals surface area contributed by atoms with Crippen LogP contribution in [0, 0.1) is 12.1 Å². The number of aryl methyl sites for hydroxylation is 1. The summed E-state index contributed by atoms with van der Waals surface area (Å²) in [6.07, 6.45) is 1.29. The molecule has 3 aromatic rings. The Morgan fingerprint density at radius 1 is 1.21 bits per heavy atom. The monoisotopic (exact) mass is 494 g/mol. The van der Waals surface area contributed by atoms with Gasteiger partial charge in [0.15, 0.2) is 22.7 Å². The Bertz CT molecular complexity index is 1150. The average molecular weight is 496 g/mol. The Morgan fingerprint density at radius 2 is 1.90 bits per heavy atom. The predicted molar refractivity (Wildman–Crippen MR) is 116 cm³/mol. The number of amides is 1. The number of pyridine rings is 1. The second kappa shape index (κ2) is 7.31. The maximum atomic E-state index is 13.5. The van der Waals surface area contributed by atoms with Gasteiger partial charge in [0.1, 0.15) is 5.02 Å². The second-order valence-corrected chi connectivity index (χ2v) is 8.77. The van der Waals surface area contributed by atoms with Gasteiger partial charge in [-0.2, -0.15) is 4.73 Å². The number of hydrogen-bond acceptors (Lipinski definition) is 3. The zero-order valence-corrected chi connectivity index (χ0v) is 19.0. The van der Waals surface area contributed by atoms with Crippen molar-refractivity contribution in [2.24, 2.45) is 0 Å². The average Bonchev–Trinajstić information content (AvgIpc) is 3.11. The lowest BCUT2D eigenvalue weighted by Gasteiger charge is -2.27. The predicted octanol–water partition coefficient (Wildman–Crippen LogP) is 5.22. The van der Waals surface area contributed by atoms with Crippen LogP contribution in [0.15, 0.2) is 41.3 Å². The number of anilines is 1. The Kier molecular flexibility index (Phi) is 5.09. The molecule has 1 atom stereocenters. The summed E-state index contributed by atoms with van der Waals surface area (Å²) in [5, 5.41) is 13.6. The van der Waals surface area contributed by atoms with E-state index in [4.69, 9.17) is 23.2 Å². The number of fused-ring (bicyclic) bond motifs is 1. The van der Waals surface area contributed by atoms with Crippen molar-refractivity contribution in [1.29, 1.82) is 0 Å². The van der Waals surface area contributed by atoms with Crippen LogP contribution in [0.2, 0.25) is 10.0 Å². The van der Waals surface area contributed by atoms with Crippen molar-refractivity contribution >= 4 is 50.7 Å². The molecule has 0 fully saturated rings. The Morgan fingerprint density at radius 3 is 2.55 bits per heavy atom. The van der Waals surface area contributed by atoms with Crippen molar-refractivity contribution in [2.45, 2.75) is 32.9 Å². The highest BCUT2D eigenvalue weighted by molar-refractivity contribution is 9.10. The van der Waals surface area contributed by atoms with E-state index in [1.54, 1.807) is 29.2 Å². The molecule has 0 N–H and O–H groups in total. The van der Waals surface area contributed by atoms with Gasteiger partial charge in [0.05, 0.1) is 5.69 Å². The first-order chi connectivity index (χ1) is 13.7. The summed E-state index contributed by atoms with van der Waals surface area (Å²) < 4.78 is 3.17. The van der Waals surface area contributed by atoms with E-state index in [2.05, 4.69) is 20.9 Å². The van der Waals surface area contributed by atoms with Gasteiger partial charge in [-0.3, -0.25) is 9.69 Å². The van der Waals surface area contributed by atoms with E-state index in [-0.39, 0.29) is 11.9 Å². The molecule has 0 spiro atoms. The van der Waals surface area contributed by atoms with Gasteiger partial charge in [0, 0.05) is 22.8 Å². The van der Waals surface area contributed by atoms with E-state index in [0.29, 0.717) is 42.3 Å². The molecule has 150 valence electrons. The van der Waals surface area contributed by atoms with Gasteiger partial charge in [-0.25, -0.2) is 4.98 Å². The molecule has 1 aliphatic heterocycles. The molecular formula is C20H17BrCl2N4O2. The van der Waals surface area contributed by atoms with Crippen LogP contribution in [0.1, 0.15) is 53.4 Å². The first kappa shape index (κ1) is 20.2. The summed E-state index contributed by atoms with van der Waals surface area (Å²) in [5.41, 5.74) is 2.83. The van der Waals surface area contributed by atoms with Crippen LogP contribution in [-0.2, 0) is 0 Å². The van der Waals surface area contributed by atoms with Crippen LogP contribution < -0.4 is 9.63 Å². The normalized spacial score (nSPS) is 16.0. The highest BCUT2D eigenvalue weighted by Gasteiger charge is 2.48. The van der Waals surface area contributed by atoms with Gasteiger partial charge < -0.3 is 9.77 Å². The van der Waals surface area contributed by atoms with E-state index < -0.39 is 6.04 Å². The zero-order chi connectivity index (χ0) is 21.0. The summed E-state index contributed by atoms with van der Waals surface area (Å²) in [6, 6.07) is 7.96. The molecule has 1 unspecified atom stereocenters. The van der Waals surface area contributed by atoms with Crippen LogP contribution in [0.5, 0.6) is 0 Å². The van der Waals surface area contributed by atoms with Crippen molar-refractivity contribution in [1.82, 2.24) is 9.55 Å². The number of benzene rings is 1. The first-order valence-electron chi connectivity index (χ1n) is 8.96. The molecule has 1 aliphatic rings. The molecule has 6 nitrogen and oxygen atoms in total. The number of imidazole rings is 1.